The first-order valence-corrected chi connectivity index (χ1v) is 5.42. The average molecular weight is 224 g/mol. The molecule has 0 aliphatic heterocycles. The summed E-state index contributed by atoms with van der Waals surface area (Å²) >= 11 is 0. The van der Waals surface area contributed by atoms with Gasteiger partial charge in [-0.2, -0.15) is 0 Å². The molecule has 0 aliphatic rings. The third-order valence-electron chi connectivity index (χ3n) is 2.64. The number of ether oxygens (including phenoxy) is 2. The van der Waals surface area contributed by atoms with E-state index in [4.69, 9.17) is 9.47 Å². The molecule has 1 atom stereocenters. The number of rotatable bonds is 5. The van der Waals surface area contributed by atoms with Crippen LogP contribution in [-0.4, -0.2) is 25.9 Å². The number of benzene rings is 1. The molecule has 0 amide bonds. The third-order valence-corrected chi connectivity index (χ3v) is 2.64. The van der Waals surface area contributed by atoms with E-state index in [0.29, 0.717) is 13.0 Å². The minimum Gasteiger partial charge on any atom is -0.496 e. The summed E-state index contributed by atoms with van der Waals surface area (Å²) in [6.45, 7) is 4.54. The maximum absolute atomic E-state index is 10.1. The van der Waals surface area contributed by atoms with Crippen LogP contribution in [0.5, 0.6) is 5.75 Å². The first-order chi connectivity index (χ1) is 7.60. The Bertz CT molecular complexity index is 347. The first kappa shape index (κ1) is 13.0. The second kappa shape index (κ2) is 5.87. The molecule has 0 bridgehead atoms. The van der Waals surface area contributed by atoms with Crippen molar-refractivity contribution in [3.63, 3.8) is 0 Å². The summed E-state index contributed by atoms with van der Waals surface area (Å²) in [6, 6.07) is 3.99. The van der Waals surface area contributed by atoms with Crippen LogP contribution in [0.3, 0.4) is 0 Å². The zero-order valence-corrected chi connectivity index (χ0v) is 10.4. The first-order valence-electron chi connectivity index (χ1n) is 5.42. The van der Waals surface area contributed by atoms with Gasteiger partial charge in [0.25, 0.3) is 0 Å². The predicted octanol–water partition coefficient (Wildman–Crippen LogP) is 2.38. The summed E-state index contributed by atoms with van der Waals surface area (Å²) in [4.78, 5) is 0. The zero-order chi connectivity index (χ0) is 12.1. The molecule has 0 radical (unpaired) electrons. The van der Waals surface area contributed by atoms with E-state index in [9.17, 15) is 5.11 Å². The van der Waals surface area contributed by atoms with E-state index in [1.165, 1.54) is 0 Å². The second-order valence-electron chi connectivity index (χ2n) is 4.00. The molecule has 3 nitrogen and oxygen atoms in total. The zero-order valence-electron chi connectivity index (χ0n) is 10.4. The molecule has 0 fully saturated rings. The Kier molecular flexibility index (Phi) is 4.77. The molecule has 90 valence electrons. The van der Waals surface area contributed by atoms with E-state index >= 15 is 0 Å². The molecule has 1 aromatic rings. The van der Waals surface area contributed by atoms with Crippen LogP contribution >= 0.6 is 0 Å². The lowest BCUT2D eigenvalue weighted by Gasteiger charge is -2.18. The summed E-state index contributed by atoms with van der Waals surface area (Å²) in [5.41, 5.74) is 3.06. The summed E-state index contributed by atoms with van der Waals surface area (Å²) in [7, 11) is 3.26. The van der Waals surface area contributed by atoms with Crippen LogP contribution in [-0.2, 0) is 4.74 Å². The number of aliphatic hydroxyl groups excluding tert-OH is 1. The van der Waals surface area contributed by atoms with Crippen LogP contribution in [0.2, 0.25) is 0 Å². The topological polar surface area (TPSA) is 38.7 Å². The number of methoxy groups -OCH3 is 2. The van der Waals surface area contributed by atoms with Crippen molar-refractivity contribution in [2.24, 2.45) is 0 Å². The van der Waals surface area contributed by atoms with Crippen molar-refractivity contribution < 1.29 is 14.6 Å². The Morgan fingerprint density at radius 2 is 1.94 bits per heavy atom. The van der Waals surface area contributed by atoms with Gasteiger partial charge in [-0.05, 0) is 31.0 Å². The Labute approximate surface area is 97.0 Å². The monoisotopic (exact) mass is 224 g/mol. The van der Waals surface area contributed by atoms with E-state index in [2.05, 4.69) is 0 Å². The van der Waals surface area contributed by atoms with Crippen molar-refractivity contribution in [2.45, 2.75) is 26.4 Å². The Morgan fingerprint density at radius 3 is 2.50 bits per heavy atom. The highest BCUT2D eigenvalue weighted by molar-refractivity contribution is 5.44. The van der Waals surface area contributed by atoms with Gasteiger partial charge < -0.3 is 14.6 Å². The summed E-state index contributed by atoms with van der Waals surface area (Å²) < 4.78 is 10.3. The lowest BCUT2D eigenvalue weighted by atomic mass is 9.98. The molecular weight excluding hydrogens is 204 g/mol. The molecule has 0 saturated carbocycles. The van der Waals surface area contributed by atoms with Gasteiger partial charge in [0.1, 0.15) is 5.75 Å². The molecule has 0 aliphatic carbocycles. The minimum atomic E-state index is -0.532. The number of hydrogen-bond donors (Lipinski definition) is 1. The molecule has 3 heteroatoms. The van der Waals surface area contributed by atoms with E-state index in [1.807, 2.05) is 26.0 Å². The fraction of sp³-hybridized carbons (Fsp3) is 0.538. The van der Waals surface area contributed by atoms with E-state index < -0.39 is 6.10 Å². The minimum absolute atomic E-state index is 0.532. The van der Waals surface area contributed by atoms with Crippen LogP contribution in [0.15, 0.2) is 12.1 Å². The second-order valence-corrected chi connectivity index (χ2v) is 4.00. The van der Waals surface area contributed by atoms with Gasteiger partial charge in [-0.3, -0.25) is 0 Å². The van der Waals surface area contributed by atoms with E-state index in [0.717, 1.165) is 22.4 Å². The fourth-order valence-corrected chi connectivity index (χ4v) is 1.91. The summed E-state index contributed by atoms with van der Waals surface area (Å²) in [5.74, 6) is 0.751. The average Bonchev–Trinajstić information content (AvgIpc) is 2.24. The lowest BCUT2D eigenvalue weighted by Crippen LogP contribution is -2.06. The molecule has 1 aromatic carbocycles. The smallest absolute Gasteiger partial charge is 0.125 e. The Hall–Kier alpha value is -1.06. The fourth-order valence-electron chi connectivity index (χ4n) is 1.91. The van der Waals surface area contributed by atoms with Crippen molar-refractivity contribution in [2.75, 3.05) is 20.8 Å². The standard InChI is InChI=1S/C13H20O3/c1-9-7-10(2)13(12(8-9)16-4)11(14)5-6-15-3/h7-8,11,14H,5-6H2,1-4H3. The van der Waals surface area contributed by atoms with Gasteiger partial charge in [-0.15, -0.1) is 0 Å². The van der Waals surface area contributed by atoms with Gasteiger partial charge in [0.05, 0.1) is 13.2 Å². The van der Waals surface area contributed by atoms with Gasteiger partial charge in [0, 0.05) is 25.7 Å². The highest BCUT2D eigenvalue weighted by atomic mass is 16.5. The molecular formula is C13H20O3. The number of hydrogen-bond acceptors (Lipinski definition) is 3. The van der Waals surface area contributed by atoms with Crippen LogP contribution in [0.1, 0.15) is 29.2 Å². The lowest BCUT2D eigenvalue weighted by molar-refractivity contribution is 0.108. The molecule has 0 aromatic heterocycles. The molecule has 1 rings (SSSR count). The normalized spacial score (nSPS) is 12.6. The Morgan fingerprint density at radius 1 is 1.25 bits per heavy atom. The predicted molar refractivity (Wildman–Crippen MR) is 63.9 cm³/mol. The van der Waals surface area contributed by atoms with Crippen molar-refractivity contribution in [1.29, 1.82) is 0 Å². The van der Waals surface area contributed by atoms with Crippen LogP contribution in [0.25, 0.3) is 0 Å². The molecule has 0 heterocycles. The number of aryl methyl sites for hydroxylation is 2. The molecule has 1 N–H and O–H groups in total. The van der Waals surface area contributed by atoms with Gasteiger partial charge in [0.15, 0.2) is 0 Å². The van der Waals surface area contributed by atoms with Gasteiger partial charge in [0.2, 0.25) is 0 Å². The molecule has 16 heavy (non-hydrogen) atoms. The highest BCUT2D eigenvalue weighted by Gasteiger charge is 2.16. The number of aliphatic hydroxyl groups is 1. The maximum Gasteiger partial charge on any atom is 0.125 e. The largest absolute Gasteiger partial charge is 0.496 e. The van der Waals surface area contributed by atoms with Crippen molar-refractivity contribution in [3.05, 3.63) is 28.8 Å². The third kappa shape index (κ3) is 2.97. The van der Waals surface area contributed by atoms with Crippen molar-refractivity contribution in [3.8, 4) is 5.75 Å². The Balaban J connectivity index is 3.01. The summed E-state index contributed by atoms with van der Waals surface area (Å²) in [5, 5.41) is 10.1. The van der Waals surface area contributed by atoms with Gasteiger partial charge in [-0.1, -0.05) is 6.07 Å². The molecule has 0 spiro atoms. The molecule has 1 unspecified atom stereocenters. The van der Waals surface area contributed by atoms with Crippen molar-refractivity contribution >= 4 is 0 Å². The van der Waals surface area contributed by atoms with Gasteiger partial charge in [-0.25, -0.2) is 0 Å². The van der Waals surface area contributed by atoms with Gasteiger partial charge >= 0.3 is 0 Å². The van der Waals surface area contributed by atoms with Crippen molar-refractivity contribution in [1.82, 2.24) is 0 Å². The van der Waals surface area contributed by atoms with E-state index in [1.54, 1.807) is 14.2 Å². The summed E-state index contributed by atoms with van der Waals surface area (Å²) in [6.07, 6.45) is 0.0482. The SMILES string of the molecule is COCCC(O)c1c(C)cc(C)cc1OC. The highest BCUT2D eigenvalue weighted by Crippen LogP contribution is 2.31. The van der Waals surface area contributed by atoms with E-state index in [-0.39, 0.29) is 0 Å². The quantitative estimate of drug-likeness (QED) is 0.834. The van der Waals surface area contributed by atoms with Crippen LogP contribution < -0.4 is 4.74 Å². The maximum atomic E-state index is 10.1. The van der Waals surface area contributed by atoms with Crippen LogP contribution in [0.4, 0.5) is 0 Å². The molecule has 0 saturated heterocycles. The van der Waals surface area contributed by atoms with Crippen LogP contribution in [0, 0.1) is 13.8 Å².